The van der Waals surface area contributed by atoms with Gasteiger partial charge in [-0.1, -0.05) is 19.9 Å². The number of hydrogen-bond acceptors (Lipinski definition) is 4. The fraction of sp³-hybridized carbons (Fsp3) is 0.333. The number of ketones is 1. The Labute approximate surface area is 116 Å². The molecule has 5 heteroatoms. The molecule has 0 bridgehead atoms. The SMILES string of the molecule is CC(=O)C(c1ccc2cc([N+](=O)[O-])ccc2n1)C(C)C. The first kappa shape index (κ1) is 14.1. The average molecular weight is 272 g/mol. The monoisotopic (exact) mass is 272 g/mol. The average Bonchev–Trinajstić information content (AvgIpc) is 2.37. The van der Waals surface area contributed by atoms with E-state index in [-0.39, 0.29) is 23.3 Å². The lowest BCUT2D eigenvalue weighted by atomic mass is 9.88. The maximum absolute atomic E-state index is 11.7. The molecular formula is C15H16N2O3. The van der Waals surface area contributed by atoms with Gasteiger partial charge >= 0.3 is 0 Å². The van der Waals surface area contributed by atoms with Crippen molar-refractivity contribution in [3.63, 3.8) is 0 Å². The molecule has 2 rings (SSSR count). The van der Waals surface area contributed by atoms with E-state index in [4.69, 9.17) is 0 Å². The summed E-state index contributed by atoms with van der Waals surface area (Å²) in [6.07, 6.45) is 0. The number of hydrogen-bond donors (Lipinski definition) is 0. The highest BCUT2D eigenvalue weighted by Gasteiger charge is 2.22. The molecule has 0 aliphatic carbocycles. The molecule has 0 radical (unpaired) electrons. The Morgan fingerprint density at radius 3 is 2.50 bits per heavy atom. The number of non-ortho nitro benzene ring substituents is 1. The van der Waals surface area contributed by atoms with E-state index in [1.165, 1.54) is 12.1 Å². The highest BCUT2D eigenvalue weighted by Crippen LogP contribution is 2.27. The summed E-state index contributed by atoms with van der Waals surface area (Å²) >= 11 is 0. The number of nitro benzene ring substituents is 1. The minimum absolute atomic E-state index is 0.0408. The molecule has 1 heterocycles. The summed E-state index contributed by atoms with van der Waals surface area (Å²) in [5, 5.41) is 11.4. The van der Waals surface area contributed by atoms with Gasteiger partial charge in [-0.25, -0.2) is 0 Å². The van der Waals surface area contributed by atoms with Crippen molar-refractivity contribution in [2.24, 2.45) is 5.92 Å². The van der Waals surface area contributed by atoms with Crippen molar-refractivity contribution >= 4 is 22.4 Å². The molecule has 1 aromatic carbocycles. The van der Waals surface area contributed by atoms with Gasteiger partial charge in [-0.2, -0.15) is 0 Å². The van der Waals surface area contributed by atoms with Gasteiger partial charge in [0.15, 0.2) is 0 Å². The van der Waals surface area contributed by atoms with Crippen LogP contribution in [0.1, 0.15) is 32.4 Å². The molecule has 0 amide bonds. The second-order valence-electron chi connectivity index (χ2n) is 5.20. The topological polar surface area (TPSA) is 73.1 Å². The number of carbonyl (C=O) groups excluding carboxylic acids is 1. The van der Waals surface area contributed by atoms with Crippen LogP contribution in [0.5, 0.6) is 0 Å². The zero-order chi connectivity index (χ0) is 14.9. The van der Waals surface area contributed by atoms with Gasteiger partial charge in [0, 0.05) is 17.5 Å². The van der Waals surface area contributed by atoms with Gasteiger partial charge in [-0.3, -0.25) is 19.9 Å². The van der Waals surface area contributed by atoms with Crippen LogP contribution >= 0.6 is 0 Å². The second-order valence-corrected chi connectivity index (χ2v) is 5.20. The van der Waals surface area contributed by atoms with E-state index in [1.807, 2.05) is 13.8 Å². The Kier molecular flexibility index (Phi) is 3.79. The molecule has 104 valence electrons. The summed E-state index contributed by atoms with van der Waals surface area (Å²) < 4.78 is 0. The highest BCUT2D eigenvalue weighted by molar-refractivity contribution is 5.85. The lowest BCUT2D eigenvalue weighted by Crippen LogP contribution is -2.16. The summed E-state index contributed by atoms with van der Waals surface area (Å²) in [5.74, 6) is -0.00106. The van der Waals surface area contributed by atoms with Crippen LogP contribution in [-0.4, -0.2) is 15.7 Å². The summed E-state index contributed by atoms with van der Waals surface area (Å²) in [7, 11) is 0. The minimum atomic E-state index is -0.431. The van der Waals surface area contributed by atoms with Gasteiger partial charge in [0.1, 0.15) is 5.78 Å². The summed E-state index contributed by atoms with van der Waals surface area (Å²) in [5.41, 5.74) is 1.42. The highest BCUT2D eigenvalue weighted by atomic mass is 16.6. The van der Waals surface area contributed by atoms with Gasteiger partial charge in [0.2, 0.25) is 0 Å². The first-order chi connectivity index (χ1) is 9.40. The number of nitrogens with zero attached hydrogens (tertiary/aromatic N) is 2. The third-order valence-electron chi connectivity index (χ3n) is 3.33. The van der Waals surface area contributed by atoms with Crippen LogP contribution in [0.15, 0.2) is 30.3 Å². The second kappa shape index (κ2) is 5.36. The number of benzene rings is 1. The number of pyridine rings is 1. The van der Waals surface area contributed by atoms with Crippen LogP contribution in [0.3, 0.4) is 0 Å². The van der Waals surface area contributed by atoms with E-state index in [1.54, 1.807) is 25.1 Å². The van der Waals surface area contributed by atoms with Crippen molar-refractivity contribution in [2.75, 3.05) is 0 Å². The molecule has 0 N–H and O–H groups in total. The van der Waals surface area contributed by atoms with Gasteiger partial charge in [0.25, 0.3) is 5.69 Å². The van der Waals surface area contributed by atoms with Crippen LogP contribution in [0, 0.1) is 16.0 Å². The van der Waals surface area contributed by atoms with E-state index in [9.17, 15) is 14.9 Å². The lowest BCUT2D eigenvalue weighted by Gasteiger charge is -2.17. The predicted molar refractivity (Wildman–Crippen MR) is 76.7 cm³/mol. The van der Waals surface area contributed by atoms with E-state index in [0.29, 0.717) is 16.6 Å². The Morgan fingerprint density at radius 1 is 1.25 bits per heavy atom. The standard InChI is InChI=1S/C15H16N2O3/c1-9(2)15(10(3)18)14-6-4-11-8-12(17(19)20)5-7-13(11)16-14/h4-9,15H,1-3H3. The zero-order valence-corrected chi connectivity index (χ0v) is 11.7. The molecule has 1 atom stereocenters. The largest absolute Gasteiger partial charge is 0.299 e. The van der Waals surface area contributed by atoms with E-state index < -0.39 is 4.92 Å². The minimum Gasteiger partial charge on any atom is -0.299 e. The summed E-state index contributed by atoms with van der Waals surface area (Å²) in [6, 6.07) is 8.09. The quantitative estimate of drug-likeness (QED) is 0.631. The number of nitro groups is 1. The van der Waals surface area contributed by atoms with Crippen LogP contribution in [0.4, 0.5) is 5.69 Å². The predicted octanol–water partition coefficient (Wildman–Crippen LogP) is 3.47. The number of rotatable bonds is 4. The Morgan fingerprint density at radius 2 is 1.95 bits per heavy atom. The van der Waals surface area contributed by atoms with Gasteiger partial charge < -0.3 is 0 Å². The summed E-state index contributed by atoms with van der Waals surface area (Å²) in [6.45, 7) is 5.52. The number of aromatic nitrogens is 1. The third kappa shape index (κ3) is 2.66. The van der Waals surface area contributed by atoms with Crippen LogP contribution in [0.25, 0.3) is 10.9 Å². The molecule has 1 unspecified atom stereocenters. The number of Topliss-reactive ketones (excluding diaryl/α,β-unsaturated/α-hetero) is 1. The number of carbonyl (C=O) groups is 1. The van der Waals surface area contributed by atoms with Crippen LogP contribution in [0.2, 0.25) is 0 Å². The molecular weight excluding hydrogens is 256 g/mol. The lowest BCUT2D eigenvalue weighted by molar-refractivity contribution is -0.384. The Hall–Kier alpha value is -2.30. The Bertz CT molecular complexity index is 680. The first-order valence-electron chi connectivity index (χ1n) is 6.45. The van der Waals surface area contributed by atoms with E-state index in [2.05, 4.69) is 4.98 Å². The van der Waals surface area contributed by atoms with Gasteiger partial charge in [-0.05, 0) is 25.0 Å². The van der Waals surface area contributed by atoms with Crippen LogP contribution in [-0.2, 0) is 4.79 Å². The number of fused-ring (bicyclic) bond motifs is 1. The fourth-order valence-electron chi connectivity index (χ4n) is 2.43. The molecule has 0 spiro atoms. The van der Waals surface area contributed by atoms with Crippen molar-refractivity contribution in [1.29, 1.82) is 0 Å². The first-order valence-corrected chi connectivity index (χ1v) is 6.45. The molecule has 0 aliphatic rings. The van der Waals surface area contributed by atoms with E-state index in [0.717, 1.165) is 0 Å². The summed E-state index contributed by atoms with van der Waals surface area (Å²) in [4.78, 5) is 26.5. The maximum Gasteiger partial charge on any atom is 0.270 e. The van der Waals surface area contributed by atoms with Crippen molar-refractivity contribution in [3.05, 3.63) is 46.1 Å². The molecule has 0 fully saturated rings. The van der Waals surface area contributed by atoms with Gasteiger partial charge in [-0.15, -0.1) is 0 Å². The fourth-order valence-corrected chi connectivity index (χ4v) is 2.43. The molecule has 0 saturated carbocycles. The van der Waals surface area contributed by atoms with Crippen molar-refractivity contribution in [1.82, 2.24) is 4.98 Å². The maximum atomic E-state index is 11.7. The van der Waals surface area contributed by atoms with Crippen molar-refractivity contribution < 1.29 is 9.72 Å². The normalized spacial score (nSPS) is 12.6. The van der Waals surface area contributed by atoms with Gasteiger partial charge in [0.05, 0.1) is 22.1 Å². The van der Waals surface area contributed by atoms with Crippen LogP contribution < -0.4 is 0 Å². The Balaban J connectivity index is 2.51. The van der Waals surface area contributed by atoms with E-state index >= 15 is 0 Å². The molecule has 0 aliphatic heterocycles. The molecule has 0 saturated heterocycles. The van der Waals surface area contributed by atoms with Crippen molar-refractivity contribution in [2.45, 2.75) is 26.7 Å². The third-order valence-corrected chi connectivity index (χ3v) is 3.33. The molecule has 20 heavy (non-hydrogen) atoms. The zero-order valence-electron chi connectivity index (χ0n) is 11.7. The smallest absolute Gasteiger partial charge is 0.270 e. The molecule has 1 aromatic heterocycles. The van der Waals surface area contributed by atoms with Crippen molar-refractivity contribution in [3.8, 4) is 0 Å². The molecule has 2 aromatic rings. The molecule has 5 nitrogen and oxygen atoms in total.